The number of benzene rings is 2. The number of fused-ring (bicyclic) bond motifs is 1. The van der Waals surface area contributed by atoms with E-state index in [4.69, 9.17) is 19.3 Å². The van der Waals surface area contributed by atoms with Gasteiger partial charge in [0.25, 0.3) is 11.8 Å². The topological polar surface area (TPSA) is 131 Å². The van der Waals surface area contributed by atoms with Crippen LogP contribution in [0, 0.1) is 0 Å². The molecule has 0 radical (unpaired) electrons. The van der Waals surface area contributed by atoms with Gasteiger partial charge in [-0.05, 0) is 35.9 Å². The van der Waals surface area contributed by atoms with Crippen LogP contribution < -0.4 is 24.4 Å². The van der Waals surface area contributed by atoms with Crippen LogP contribution >= 0.6 is 0 Å². The van der Waals surface area contributed by atoms with Crippen molar-refractivity contribution < 1.29 is 38.5 Å². The Morgan fingerprint density at radius 1 is 1.10 bits per heavy atom. The molecule has 2 heterocycles. The fourth-order valence-corrected chi connectivity index (χ4v) is 2.89. The molecule has 0 unspecified atom stereocenters. The van der Waals surface area contributed by atoms with Gasteiger partial charge < -0.3 is 19.3 Å². The minimum atomic E-state index is -1.11. The molecule has 0 atom stereocenters. The number of barbiturate groups is 1. The molecular weight excluding hydrogens is 396 g/mol. The van der Waals surface area contributed by atoms with Crippen LogP contribution in [-0.4, -0.2) is 42.3 Å². The Bertz CT molecular complexity index is 1090. The second kappa shape index (κ2) is 7.59. The van der Waals surface area contributed by atoms with E-state index in [-0.39, 0.29) is 18.1 Å². The van der Waals surface area contributed by atoms with E-state index >= 15 is 0 Å². The molecule has 0 aromatic heterocycles. The van der Waals surface area contributed by atoms with E-state index in [1.165, 1.54) is 30.3 Å². The number of amides is 4. The van der Waals surface area contributed by atoms with E-state index in [0.29, 0.717) is 22.8 Å². The summed E-state index contributed by atoms with van der Waals surface area (Å²) < 4.78 is 15.5. The monoisotopic (exact) mass is 410 g/mol. The largest absolute Gasteiger partial charge is 0.482 e. The molecule has 2 N–H and O–H groups in total. The molecule has 0 spiro atoms. The standard InChI is InChI=1S/C20H14N2O8/c23-17(24)9-28-13-4-1-11(2-5-13)7-14-18(25)21-20(27)22(19(14)26)12-3-6-15-16(8-12)30-10-29-15/h1-8H,9-10H2,(H,23,24)(H,21,25,27)/b14-7+. The number of carboxylic acids is 1. The molecular formula is C20H14N2O8. The van der Waals surface area contributed by atoms with Crippen LogP contribution in [0.3, 0.4) is 0 Å². The number of carboxylic acid groups (broad SMARTS) is 1. The lowest BCUT2D eigenvalue weighted by Gasteiger charge is -2.26. The lowest BCUT2D eigenvalue weighted by molar-refractivity contribution is -0.139. The third-order valence-electron chi connectivity index (χ3n) is 4.27. The molecule has 2 aromatic carbocycles. The highest BCUT2D eigenvalue weighted by molar-refractivity contribution is 6.39. The lowest BCUT2D eigenvalue weighted by atomic mass is 10.1. The van der Waals surface area contributed by atoms with Gasteiger partial charge in [-0.2, -0.15) is 0 Å². The molecule has 10 nitrogen and oxygen atoms in total. The number of urea groups is 1. The Morgan fingerprint density at radius 3 is 2.57 bits per heavy atom. The molecule has 30 heavy (non-hydrogen) atoms. The number of rotatable bonds is 5. The van der Waals surface area contributed by atoms with Gasteiger partial charge in [0.1, 0.15) is 11.3 Å². The highest BCUT2D eigenvalue weighted by Gasteiger charge is 2.37. The number of nitrogens with one attached hydrogen (secondary N) is 1. The smallest absolute Gasteiger partial charge is 0.341 e. The quantitative estimate of drug-likeness (QED) is 0.561. The van der Waals surface area contributed by atoms with Crippen molar-refractivity contribution in [3.63, 3.8) is 0 Å². The molecule has 0 saturated carbocycles. The van der Waals surface area contributed by atoms with Crippen LogP contribution in [0.15, 0.2) is 48.0 Å². The molecule has 2 aliphatic rings. The molecule has 152 valence electrons. The van der Waals surface area contributed by atoms with E-state index in [1.54, 1.807) is 18.2 Å². The van der Waals surface area contributed by atoms with E-state index in [9.17, 15) is 19.2 Å². The predicted octanol–water partition coefficient (Wildman–Crippen LogP) is 1.55. The van der Waals surface area contributed by atoms with Crippen molar-refractivity contribution in [3.8, 4) is 17.2 Å². The van der Waals surface area contributed by atoms with Crippen LogP contribution in [-0.2, 0) is 14.4 Å². The summed E-state index contributed by atoms with van der Waals surface area (Å²) in [5.41, 5.74) is 0.459. The van der Waals surface area contributed by atoms with Crippen molar-refractivity contribution in [1.29, 1.82) is 0 Å². The minimum Gasteiger partial charge on any atom is -0.482 e. The van der Waals surface area contributed by atoms with E-state index < -0.39 is 30.4 Å². The van der Waals surface area contributed by atoms with Gasteiger partial charge in [0.15, 0.2) is 18.1 Å². The maximum Gasteiger partial charge on any atom is 0.341 e. The molecule has 2 aromatic rings. The summed E-state index contributed by atoms with van der Waals surface area (Å²) in [6, 6.07) is 9.77. The molecule has 0 aliphatic carbocycles. The molecule has 1 saturated heterocycles. The number of ether oxygens (including phenoxy) is 3. The van der Waals surface area contributed by atoms with Gasteiger partial charge in [0.05, 0.1) is 5.69 Å². The summed E-state index contributed by atoms with van der Waals surface area (Å²) in [7, 11) is 0. The van der Waals surface area contributed by atoms with Gasteiger partial charge in [0.2, 0.25) is 6.79 Å². The van der Waals surface area contributed by atoms with Crippen LogP contribution in [0.1, 0.15) is 5.56 Å². The molecule has 1 fully saturated rings. The van der Waals surface area contributed by atoms with E-state index in [1.807, 2.05) is 0 Å². The second-order valence-electron chi connectivity index (χ2n) is 6.25. The van der Waals surface area contributed by atoms with Crippen molar-refractivity contribution in [1.82, 2.24) is 5.32 Å². The van der Waals surface area contributed by atoms with Gasteiger partial charge in [-0.25, -0.2) is 14.5 Å². The summed E-state index contributed by atoms with van der Waals surface area (Å²) >= 11 is 0. The first kappa shape index (κ1) is 19.0. The zero-order valence-corrected chi connectivity index (χ0v) is 15.3. The van der Waals surface area contributed by atoms with Crippen LogP contribution in [0.25, 0.3) is 6.08 Å². The zero-order chi connectivity index (χ0) is 21.3. The summed E-state index contributed by atoms with van der Waals surface area (Å²) in [6.45, 7) is -0.456. The third kappa shape index (κ3) is 3.65. The van der Waals surface area contributed by atoms with Crippen molar-refractivity contribution in [2.45, 2.75) is 0 Å². The highest BCUT2D eigenvalue weighted by atomic mass is 16.7. The fraction of sp³-hybridized carbons (Fsp3) is 0.100. The zero-order valence-electron chi connectivity index (χ0n) is 15.3. The normalized spacial score (nSPS) is 16.6. The molecule has 4 amide bonds. The van der Waals surface area contributed by atoms with Gasteiger partial charge in [-0.1, -0.05) is 12.1 Å². The maximum atomic E-state index is 12.9. The first-order chi connectivity index (χ1) is 14.4. The van der Waals surface area contributed by atoms with Crippen LogP contribution in [0.2, 0.25) is 0 Å². The summed E-state index contributed by atoms with van der Waals surface area (Å²) in [5, 5.41) is 10.8. The average Bonchev–Trinajstić information content (AvgIpc) is 3.18. The molecule has 0 bridgehead atoms. The number of carbonyl (C=O) groups is 4. The van der Waals surface area contributed by atoms with Crippen molar-refractivity contribution in [2.75, 3.05) is 18.3 Å². The van der Waals surface area contributed by atoms with Crippen molar-refractivity contribution in [3.05, 3.63) is 53.6 Å². The summed E-state index contributed by atoms with van der Waals surface area (Å²) in [5.74, 6) is -1.55. The number of imide groups is 2. The van der Waals surface area contributed by atoms with Gasteiger partial charge in [0, 0.05) is 6.07 Å². The minimum absolute atomic E-state index is 0.0365. The maximum absolute atomic E-state index is 12.9. The number of carbonyl (C=O) groups excluding carboxylic acids is 3. The van der Waals surface area contributed by atoms with E-state index in [2.05, 4.69) is 5.32 Å². The summed E-state index contributed by atoms with van der Waals surface area (Å²) in [6.07, 6.45) is 1.32. The number of hydrogen-bond acceptors (Lipinski definition) is 7. The number of nitrogens with zero attached hydrogens (tertiary/aromatic N) is 1. The average molecular weight is 410 g/mol. The van der Waals surface area contributed by atoms with Crippen LogP contribution in [0.4, 0.5) is 10.5 Å². The van der Waals surface area contributed by atoms with Gasteiger partial charge >= 0.3 is 12.0 Å². The Labute approximate surface area is 169 Å². The first-order valence-corrected chi connectivity index (χ1v) is 8.68. The fourth-order valence-electron chi connectivity index (χ4n) is 2.89. The Balaban J connectivity index is 1.60. The Kier molecular flexibility index (Phi) is 4.80. The van der Waals surface area contributed by atoms with Crippen molar-refractivity contribution >= 4 is 35.6 Å². The second-order valence-corrected chi connectivity index (χ2v) is 6.25. The predicted molar refractivity (Wildman–Crippen MR) is 101 cm³/mol. The molecule has 2 aliphatic heterocycles. The molecule has 10 heteroatoms. The van der Waals surface area contributed by atoms with Gasteiger partial charge in [-0.3, -0.25) is 14.9 Å². The highest BCUT2D eigenvalue weighted by Crippen LogP contribution is 2.36. The Morgan fingerprint density at radius 2 is 1.83 bits per heavy atom. The third-order valence-corrected chi connectivity index (χ3v) is 4.27. The summed E-state index contributed by atoms with van der Waals surface area (Å²) in [4.78, 5) is 48.8. The number of hydrogen-bond donors (Lipinski definition) is 2. The van der Waals surface area contributed by atoms with Crippen LogP contribution in [0.5, 0.6) is 17.2 Å². The first-order valence-electron chi connectivity index (χ1n) is 8.68. The number of aliphatic carboxylic acids is 1. The lowest BCUT2D eigenvalue weighted by Crippen LogP contribution is -2.54. The SMILES string of the molecule is O=C(O)COc1ccc(/C=C2\C(=O)NC(=O)N(c3ccc4c(c3)OCO4)C2=O)cc1. The number of anilines is 1. The van der Waals surface area contributed by atoms with E-state index in [0.717, 1.165) is 4.90 Å². The van der Waals surface area contributed by atoms with Crippen molar-refractivity contribution in [2.24, 2.45) is 0 Å². The molecule has 4 rings (SSSR count). The Hall–Kier alpha value is -4.34. The van der Waals surface area contributed by atoms with Gasteiger partial charge in [-0.15, -0.1) is 0 Å².